The lowest BCUT2D eigenvalue weighted by molar-refractivity contribution is 0.0760. The fraction of sp³-hybridized carbons (Fsp3) is 0.667. The first-order chi connectivity index (χ1) is 9.65. The van der Waals surface area contributed by atoms with E-state index in [-0.39, 0.29) is 5.91 Å². The van der Waals surface area contributed by atoms with Crippen LogP contribution in [0.4, 0.5) is 0 Å². The van der Waals surface area contributed by atoms with E-state index in [4.69, 9.17) is 5.73 Å². The van der Waals surface area contributed by atoms with Gasteiger partial charge in [-0.05, 0) is 44.5 Å². The maximum atomic E-state index is 12.5. The molecule has 1 aromatic rings. The molecule has 0 radical (unpaired) electrons. The van der Waals surface area contributed by atoms with Gasteiger partial charge in [0.1, 0.15) is 5.69 Å². The first-order valence-corrected chi connectivity index (χ1v) is 7.55. The zero-order valence-corrected chi connectivity index (χ0v) is 12.2. The molecule has 110 valence electrons. The quantitative estimate of drug-likeness (QED) is 0.863. The molecule has 1 atom stereocenters. The summed E-state index contributed by atoms with van der Waals surface area (Å²) < 4.78 is 1.90. The van der Waals surface area contributed by atoms with E-state index in [0.29, 0.717) is 12.1 Å². The van der Waals surface area contributed by atoms with Crippen LogP contribution in [0.5, 0.6) is 0 Å². The van der Waals surface area contributed by atoms with Crippen LogP contribution in [0.2, 0.25) is 0 Å². The summed E-state index contributed by atoms with van der Waals surface area (Å²) in [5.74, 6) is 0.161. The highest BCUT2D eigenvalue weighted by Gasteiger charge is 2.32. The number of rotatable bonds is 2. The predicted octanol–water partition coefficient (Wildman–Crippen LogP) is 0.663. The molecule has 2 N–H and O–H groups in total. The third kappa shape index (κ3) is 2.60. The molecule has 0 aliphatic carbocycles. The van der Waals surface area contributed by atoms with Crippen LogP contribution in [0.1, 0.15) is 29.8 Å². The molecule has 1 aromatic heterocycles. The fourth-order valence-corrected chi connectivity index (χ4v) is 3.35. The van der Waals surface area contributed by atoms with Gasteiger partial charge in [-0.3, -0.25) is 9.69 Å². The van der Waals surface area contributed by atoms with Gasteiger partial charge in [0, 0.05) is 38.4 Å². The van der Waals surface area contributed by atoms with Crippen LogP contribution >= 0.6 is 0 Å². The number of nitrogens with two attached hydrogens (primary N) is 1. The number of carbonyl (C=O) groups excluding carboxylic acids is 1. The number of hydrogen-bond donors (Lipinski definition) is 1. The molecule has 2 saturated heterocycles. The summed E-state index contributed by atoms with van der Waals surface area (Å²) in [4.78, 5) is 17.0. The standard InChI is InChI=1S/C15H24N4O/c1-17-7-2-3-14(17)15(20)19-10-6-13(11-19)18-8-4-12(16)5-9-18/h2-3,7,12-13H,4-6,8-11,16H2,1H3. The smallest absolute Gasteiger partial charge is 0.270 e. The van der Waals surface area contributed by atoms with E-state index in [2.05, 4.69) is 4.90 Å². The van der Waals surface area contributed by atoms with Crippen molar-refractivity contribution in [2.75, 3.05) is 26.2 Å². The van der Waals surface area contributed by atoms with Gasteiger partial charge in [-0.2, -0.15) is 0 Å². The second-order valence-corrected chi connectivity index (χ2v) is 6.07. The lowest BCUT2D eigenvalue weighted by Crippen LogP contribution is -2.46. The topological polar surface area (TPSA) is 54.5 Å². The van der Waals surface area contributed by atoms with Gasteiger partial charge in [0.15, 0.2) is 0 Å². The molecule has 0 bridgehead atoms. The van der Waals surface area contributed by atoms with Crippen molar-refractivity contribution in [1.82, 2.24) is 14.4 Å². The van der Waals surface area contributed by atoms with Crippen molar-refractivity contribution in [2.45, 2.75) is 31.3 Å². The van der Waals surface area contributed by atoms with Crippen LogP contribution in [0.25, 0.3) is 0 Å². The third-order valence-corrected chi connectivity index (χ3v) is 4.70. The Labute approximate surface area is 120 Å². The normalized spacial score (nSPS) is 25.3. The van der Waals surface area contributed by atoms with Gasteiger partial charge in [-0.15, -0.1) is 0 Å². The maximum Gasteiger partial charge on any atom is 0.270 e. The van der Waals surface area contributed by atoms with Crippen molar-refractivity contribution in [3.05, 3.63) is 24.0 Å². The highest BCUT2D eigenvalue weighted by molar-refractivity contribution is 5.93. The number of aryl methyl sites for hydroxylation is 1. The predicted molar refractivity (Wildman–Crippen MR) is 78.5 cm³/mol. The fourth-order valence-electron chi connectivity index (χ4n) is 3.35. The van der Waals surface area contributed by atoms with E-state index in [1.54, 1.807) is 0 Å². The molecule has 2 fully saturated rings. The molecule has 0 aromatic carbocycles. The van der Waals surface area contributed by atoms with Gasteiger partial charge in [0.05, 0.1) is 0 Å². The first kappa shape index (κ1) is 13.6. The zero-order chi connectivity index (χ0) is 14.1. The van der Waals surface area contributed by atoms with Crippen molar-refractivity contribution in [3.8, 4) is 0 Å². The monoisotopic (exact) mass is 276 g/mol. The Morgan fingerprint density at radius 1 is 1.25 bits per heavy atom. The molecule has 1 unspecified atom stereocenters. The number of aromatic nitrogens is 1. The van der Waals surface area contributed by atoms with Crippen molar-refractivity contribution in [3.63, 3.8) is 0 Å². The van der Waals surface area contributed by atoms with Gasteiger partial charge in [-0.1, -0.05) is 0 Å². The van der Waals surface area contributed by atoms with Crippen LogP contribution in [0, 0.1) is 0 Å². The first-order valence-electron chi connectivity index (χ1n) is 7.55. The van der Waals surface area contributed by atoms with E-state index >= 15 is 0 Å². The van der Waals surface area contributed by atoms with E-state index < -0.39 is 0 Å². The summed E-state index contributed by atoms with van der Waals surface area (Å²) in [6.45, 7) is 3.90. The summed E-state index contributed by atoms with van der Waals surface area (Å²) in [5.41, 5.74) is 6.74. The van der Waals surface area contributed by atoms with Crippen molar-refractivity contribution >= 4 is 5.91 Å². The average Bonchev–Trinajstić information content (AvgIpc) is 3.08. The molecule has 2 aliphatic rings. The summed E-state index contributed by atoms with van der Waals surface area (Å²) in [7, 11) is 1.92. The van der Waals surface area contributed by atoms with Crippen LogP contribution in [0.15, 0.2) is 18.3 Å². The average molecular weight is 276 g/mol. The minimum Gasteiger partial charge on any atom is -0.347 e. The Hall–Kier alpha value is -1.33. The highest BCUT2D eigenvalue weighted by Crippen LogP contribution is 2.21. The number of likely N-dealkylation sites (tertiary alicyclic amines) is 2. The highest BCUT2D eigenvalue weighted by atomic mass is 16.2. The summed E-state index contributed by atoms with van der Waals surface area (Å²) in [5, 5.41) is 0. The Kier molecular flexibility index (Phi) is 3.81. The van der Waals surface area contributed by atoms with Gasteiger partial charge < -0.3 is 15.2 Å². The SMILES string of the molecule is Cn1cccc1C(=O)N1CCC(N2CCC(N)CC2)C1. The van der Waals surface area contributed by atoms with Gasteiger partial charge in [0.2, 0.25) is 0 Å². The molecular formula is C15H24N4O. The van der Waals surface area contributed by atoms with E-state index in [9.17, 15) is 4.79 Å². The molecule has 3 heterocycles. The third-order valence-electron chi connectivity index (χ3n) is 4.70. The molecule has 3 rings (SSSR count). The van der Waals surface area contributed by atoms with Crippen molar-refractivity contribution < 1.29 is 4.79 Å². The Morgan fingerprint density at radius 2 is 2.00 bits per heavy atom. The molecule has 2 aliphatic heterocycles. The van der Waals surface area contributed by atoms with Crippen LogP contribution in [-0.4, -0.2) is 58.5 Å². The molecule has 20 heavy (non-hydrogen) atoms. The molecule has 1 amide bonds. The van der Waals surface area contributed by atoms with Gasteiger partial charge in [0.25, 0.3) is 5.91 Å². The summed E-state index contributed by atoms with van der Waals surface area (Å²) in [6.07, 6.45) is 5.18. The van der Waals surface area contributed by atoms with Crippen LogP contribution in [0.3, 0.4) is 0 Å². The number of piperidine rings is 1. The molecular weight excluding hydrogens is 252 g/mol. The van der Waals surface area contributed by atoms with E-state index in [0.717, 1.165) is 51.1 Å². The van der Waals surface area contributed by atoms with Gasteiger partial charge in [-0.25, -0.2) is 0 Å². The van der Waals surface area contributed by atoms with Crippen LogP contribution < -0.4 is 5.73 Å². The largest absolute Gasteiger partial charge is 0.347 e. The number of carbonyl (C=O) groups is 1. The van der Waals surface area contributed by atoms with E-state index in [1.165, 1.54) is 0 Å². The summed E-state index contributed by atoms with van der Waals surface area (Å²) >= 11 is 0. The second-order valence-electron chi connectivity index (χ2n) is 6.07. The molecule has 0 saturated carbocycles. The Balaban J connectivity index is 1.59. The lowest BCUT2D eigenvalue weighted by Gasteiger charge is -2.34. The second kappa shape index (κ2) is 5.58. The minimum absolute atomic E-state index is 0.161. The Morgan fingerprint density at radius 3 is 2.65 bits per heavy atom. The van der Waals surface area contributed by atoms with E-state index in [1.807, 2.05) is 34.8 Å². The molecule has 5 heteroatoms. The summed E-state index contributed by atoms with van der Waals surface area (Å²) in [6, 6.07) is 4.71. The Bertz CT molecular complexity index is 476. The number of amides is 1. The van der Waals surface area contributed by atoms with Gasteiger partial charge >= 0.3 is 0 Å². The molecule has 0 spiro atoms. The van der Waals surface area contributed by atoms with Crippen molar-refractivity contribution in [2.24, 2.45) is 12.8 Å². The minimum atomic E-state index is 0.161. The molecule has 5 nitrogen and oxygen atoms in total. The number of nitrogens with zero attached hydrogens (tertiary/aromatic N) is 3. The van der Waals surface area contributed by atoms with Crippen LogP contribution in [-0.2, 0) is 7.05 Å². The number of hydrogen-bond acceptors (Lipinski definition) is 3. The maximum absolute atomic E-state index is 12.5. The lowest BCUT2D eigenvalue weighted by atomic mass is 10.0. The van der Waals surface area contributed by atoms with Crippen molar-refractivity contribution in [1.29, 1.82) is 0 Å². The zero-order valence-electron chi connectivity index (χ0n) is 12.2.